The van der Waals surface area contributed by atoms with Gasteiger partial charge < -0.3 is 15.1 Å². The molecule has 1 saturated heterocycles. The van der Waals surface area contributed by atoms with Crippen LogP contribution in [0.2, 0.25) is 0 Å². The smallest absolute Gasteiger partial charge is 0.0110 e. The van der Waals surface area contributed by atoms with Crippen LogP contribution in [0.5, 0.6) is 0 Å². The fourth-order valence-electron chi connectivity index (χ4n) is 3.59. The summed E-state index contributed by atoms with van der Waals surface area (Å²) in [4.78, 5) is 5.24. The standard InChI is InChI=1S/C15H31N3/c1-3-16-15-7-5-6-14(15)8-9-18-12-10-17(4-2)11-13-18/h14-16H,3-13H2,1-2H3. The van der Waals surface area contributed by atoms with Crippen LogP contribution in [0.4, 0.5) is 0 Å². The van der Waals surface area contributed by atoms with E-state index >= 15 is 0 Å². The third kappa shape index (κ3) is 3.94. The van der Waals surface area contributed by atoms with Crippen LogP contribution in [-0.2, 0) is 0 Å². The molecule has 106 valence electrons. The Bertz CT molecular complexity index is 224. The van der Waals surface area contributed by atoms with E-state index in [4.69, 9.17) is 0 Å². The minimum atomic E-state index is 0.812. The largest absolute Gasteiger partial charge is 0.314 e. The second-order valence-corrected chi connectivity index (χ2v) is 5.92. The molecule has 0 amide bonds. The minimum absolute atomic E-state index is 0.812. The summed E-state index contributed by atoms with van der Waals surface area (Å²) in [5.74, 6) is 0.939. The SMILES string of the molecule is CCNC1CCCC1CCN1CCN(CC)CC1. The van der Waals surface area contributed by atoms with Gasteiger partial charge in [-0.2, -0.15) is 0 Å². The van der Waals surface area contributed by atoms with Gasteiger partial charge in [-0.3, -0.25) is 0 Å². The van der Waals surface area contributed by atoms with Crippen LogP contribution in [0, 0.1) is 5.92 Å². The van der Waals surface area contributed by atoms with Crippen LogP contribution >= 0.6 is 0 Å². The summed E-state index contributed by atoms with van der Waals surface area (Å²) in [7, 11) is 0. The van der Waals surface area contributed by atoms with Gasteiger partial charge in [-0.1, -0.05) is 20.3 Å². The van der Waals surface area contributed by atoms with E-state index in [1.807, 2.05) is 0 Å². The number of hydrogen-bond acceptors (Lipinski definition) is 3. The molecule has 1 aliphatic heterocycles. The second kappa shape index (κ2) is 7.46. The van der Waals surface area contributed by atoms with Crippen molar-refractivity contribution in [1.82, 2.24) is 15.1 Å². The Morgan fingerprint density at radius 1 is 1.00 bits per heavy atom. The molecule has 2 aliphatic rings. The van der Waals surface area contributed by atoms with Crippen LogP contribution < -0.4 is 5.32 Å². The molecule has 3 nitrogen and oxygen atoms in total. The molecule has 0 radical (unpaired) electrons. The minimum Gasteiger partial charge on any atom is -0.314 e. The molecule has 2 atom stereocenters. The van der Waals surface area contributed by atoms with Crippen molar-refractivity contribution in [3.8, 4) is 0 Å². The molecular formula is C15H31N3. The Balaban J connectivity index is 1.65. The van der Waals surface area contributed by atoms with E-state index in [1.54, 1.807) is 0 Å². The highest BCUT2D eigenvalue weighted by Gasteiger charge is 2.27. The van der Waals surface area contributed by atoms with Gasteiger partial charge in [0.15, 0.2) is 0 Å². The molecule has 1 saturated carbocycles. The number of nitrogens with one attached hydrogen (secondary N) is 1. The molecule has 3 heteroatoms. The van der Waals surface area contributed by atoms with Crippen molar-refractivity contribution in [2.24, 2.45) is 5.92 Å². The molecule has 2 rings (SSSR count). The van der Waals surface area contributed by atoms with Crippen LogP contribution in [0.15, 0.2) is 0 Å². The molecule has 2 unspecified atom stereocenters. The molecule has 1 aliphatic carbocycles. The number of piperazine rings is 1. The predicted octanol–water partition coefficient (Wildman–Crippen LogP) is 1.79. The van der Waals surface area contributed by atoms with Crippen molar-refractivity contribution >= 4 is 0 Å². The monoisotopic (exact) mass is 253 g/mol. The molecule has 2 fully saturated rings. The lowest BCUT2D eigenvalue weighted by Gasteiger charge is -2.35. The molecule has 18 heavy (non-hydrogen) atoms. The van der Waals surface area contributed by atoms with Gasteiger partial charge >= 0.3 is 0 Å². The summed E-state index contributed by atoms with van der Waals surface area (Å²) in [6.07, 6.45) is 5.70. The van der Waals surface area contributed by atoms with Crippen molar-refractivity contribution < 1.29 is 0 Å². The predicted molar refractivity (Wildman–Crippen MR) is 78.0 cm³/mol. The van der Waals surface area contributed by atoms with E-state index in [-0.39, 0.29) is 0 Å². The van der Waals surface area contributed by atoms with Crippen molar-refractivity contribution in [3.05, 3.63) is 0 Å². The van der Waals surface area contributed by atoms with E-state index in [0.29, 0.717) is 0 Å². The van der Waals surface area contributed by atoms with Gasteiger partial charge in [-0.25, -0.2) is 0 Å². The fraction of sp³-hybridized carbons (Fsp3) is 1.00. The molecule has 0 aromatic heterocycles. The maximum absolute atomic E-state index is 3.67. The highest BCUT2D eigenvalue weighted by molar-refractivity contribution is 4.84. The first-order valence-corrected chi connectivity index (χ1v) is 8.01. The quantitative estimate of drug-likeness (QED) is 0.778. The first-order valence-electron chi connectivity index (χ1n) is 8.01. The van der Waals surface area contributed by atoms with Gasteiger partial charge in [-0.15, -0.1) is 0 Å². The zero-order valence-electron chi connectivity index (χ0n) is 12.3. The molecule has 1 heterocycles. The Kier molecular flexibility index (Phi) is 5.93. The summed E-state index contributed by atoms with van der Waals surface area (Å²) < 4.78 is 0. The highest BCUT2D eigenvalue weighted by atomic mass is 15.3. The molecular weight excluding hydrogens is 222 g/mol. The van der Waals surface area contributed by atoms with E-state index in [1.165, 1.54) is 65.0 Å². The Morgan fingerprint density at radius 2 is 1.72 bits per heavy atom. The van der Waals surface area contributed by atoms with Gasteiger partial charge in [0.05, 0.1) is 0 Å². The van der Waals surface area contributed by atoms with Crippen LogP contribution in [0.25, 0.3) is 0 Å². The molecule has 0 aromatic rings. The van der Waals surface area contributed by atoms with Crippen molar-refractivity contribution in [2.75, 3.05) is 45.8 Å². The van der Waals surface area contributed by atoms with E-state index < -0.39 is 0 Å². The molecule has 1 N–H and O–H groups in total. The van der Waals surface area contributed by atoms with Gasteiger partial charge in [0.2, 0.25) is 0 Å². The first kappa shape index (κ1) is 14.3. The van der Waals surface area contributed by atoms with Gasteiger partial charge in [0, 0.05) is 32.2 Å². The number of hydrogen-bond donors (Lipinski definition) is 1. The van der Waals surface area contributed by atoms with Gasteiger partial charge in [0.25, 0.3) is 0 Å². The van der Waals surface area contributed by atoms with E-state index in [2.05, 4.69) is 29.0 Å². The lowest BCUT2D eigenvalue weighted by Crippen LogP contribution is -2.46. The summed E-state index contributed by atoms with van der Waals surface area (Å²) in [5.41, 5.74) is 0. The second-order valence-electron chi connectivity index (χ2n) is 5.92. The average molecular weight is 253 g/mol. The van der Waals surface area contributed by atoms with Crippen LogP contribution in [-0.4, -0.2) is 61.7 Å². The summed E-state index contributed by atoms with van der Waals surface area (Å²) >= 11 is 0. The third-order valence-corrected chi connectivity index (χ3v) is 4.85. The topological polar surface area (TPSA) is 18.5 Å². The summed E-state index contributed by atoms with van der Waals surface area (Å²) in [6.45, 7) is 13.3. The zero-order chi connectivity index (χ0) is 12.8. The highest BCUT2D eigenvalue weighted by Crippen LogP contribution is 2.28. The fourth-order valence-corrected chi connectivity index (χ4v) is 3.59. The summed E-state index contributed by atoms with van der Waals surface area (Å²) in [6, 6.07) is 0.812. The number of nitrogens with zero attached hydrogens (tertiary/aromatic N) is 2. The molecule has 0 aromatic carbocycles. The Labute approximate surface area is 113 Å². The lowest BCUT2D eigenvalue weighted by atomic mass is 9.99. The maximum Gasteiger partial charge on any atom is 0.0110 e. The van der Waals surface area contributed by atoms with Crippen molar-refractivity contribution in [1.29, 1.82) is 0 Å². The van der Waals surface area contributed by atoms with Crippen molar-refractivity contribution in [2.45, 2.75) is 45.6 Å². The van der Waals surface area contributed by atoms with E-state index in [0.717, 1.165) is 18.5 Å². The van der Waals surface area contributed by atoms with Crippen LogP contribution in [0.3, 0.4) is 0 Å². The number of likely N-dealkylation sites (N-methyl/N-ethyl adjacent to an activating group) is 1. The first-order chi connectivity index (χ1) is 8.83. The maximum atomic E-state index is 3.67. The zero-order valence-corrected chi connectivity index (χ0v) is 12.3. The summed E-state index contributed by atoms with van der Waals surface area (Å²) in [5, 5.41) is 3.67. The average Bonchev–Trinajstić information content (AvgIpc) is 2.85. The Morgan fingerprint density at radius 3 is 2.39 bits per heavy atom. The molecule has 0 bridgehead atoms. The van der Waals surface area contributed by atoms with Crippen molar-refractivity contribution in [3.63, 3.8) is 0 Å². The number of rotatable bonds is 6. The molecule has 0 spiro atoms. The van der Waals surface area contributed by atoms with Gasteiger partial charge in [-0.05, 0) is 44.8 Å². The normalized spacial score (nSPS) is 31.0. The van der Waals surface area contributed by atoms with E-state index in [9.17, 15) is 0 Å². The Hall–Kier alpha value is -0.120. The third-order valence-electron chi connectivity index (χ3n) is 4.85. The van der Waals surface area contributed by atoms with Gasteiger partial charge in [0.1, 0.15) is 0 Å². The lowest BCUT2D eigenvalue weighted by molar-refractivity contribution is 0.129. The van der Waals surface area contributed by atoms with Crippen LogP contribution in [0.1, 0.15) is 39.5 Å².